The van der Waals surface area contributed by atoms with E-state index in [1.54, 1.807) is 6.49 Å². The van der Waals surface area contributed by atoms with Crippen molar-refractivity contribution in [2.45, 2.75) is 45.2 Å². The van der Waals surface area contributed by atoms with Gasteiger partial charge in [0, 0.05) is 0 Å². The van der Waals surface area contributed by atoms with Crippen molar-refractivity contribution in [1.29, 1.82) is 0 Å². The zero-order valence-electron chi connectivity index (χ0n) is 23.9. The first-order valence-corrected chi connectivity index (χ1v) is 17.2. The third kappa shape index (κ3) is 5.88. The van der Waals surface area contributed by atoms with Crippen LogP contribution in [0.15, 0.2) is 94.8 Å². The Hall–Kier alpha value is -2.05. The number of benzene rings is 3. The second-order valence-corrected chi connectivity index (χ2v) is 18.4. The molecule has 0 N–H and O–H groups in total. The van der Waals surface area contributed by atoms with Crippen LogP contribution in [0.25, 0.3) is 23.3 Å². The van der Waals surface area contributed by atoms with Crippen LogP contribution in [0.2, 0.25) is 0 Å². The summed E-state index contributed by atoms with van der Waals surface area (Å²) in [5.41, 5.74) is 12.5. The standard InChI is InChI=1S/C17H13.C10H15.C9H10.2ClH.Zr/c1-3-12-5-7-14-11-15-8-6-13(4-2)10-17(15)16(14)9-12;1-8-5-6-9(7-8)10(2,3)4;1-3-9-6-4-8(2)5-7-9;;;/h3-11H,1-2H2;6-8H,1-4H3;4-7H,1-2H3;2*1H;/q;;;;;+2/p-2. The third-order valence-electron chi connectivity index (χ3n) is 8.12. The molecule has 39 heavy (non-hydrogen) atoms. The smallest absolute Gasteiger partial charge is 1.00 e. The monoisotopic (exact) mass is 630 g/mol. The van der Waals surface area contributed by atoms with Crippen LogP contribution >= 0.6 is 0 Å². The average molecular weight is 633 g/mol. The molecule has 0 nitrogen and oxygen atoms in total. The van der Waals surface area contributed by atoms with Crippen LogP contribution in [0, 0.1) is 18.3 Å². The van der Waals surface area contributed by atoms with E-state index in [0.717, 1.165) is 0 Å². The molecule has 0 saturated carbocycles. The second-order valence-electron chi connectivity index (χ2n) is 11.7. The van der Waals surface area contributed by atoms with Gasteiger partial charge in [0.2, 0.25) is 0 Å². The Morgan fingerprint density at radius 3 is 1.77 bits per heavy atom. The quantitative estimate of drug-likeness (QED) is 0.403. The van der Waals surface area contributed by atoms with E-state index in [2.05, 4.69) is 128 Å². The molecular formula is C36H38Cl2Zr. The van der Waals surface area contributed by atoms with Crippen LogP contribution in [0.5, 0.6) is 0 Å². The summed E-state index contributed by atoms with van der Waals surface area (Å²) in [5, 5.41) is 0. The summed E-state index contributed by atoms with van der Waals surface area (Å²) in [5.74, 6) is 0.483. The number of fused-ring (bicyclic) bond motifs is 3. The maximum absolute atomic E-state index is 4.06. The molecule has 0 amide bonds. The number of rotatable bonds is 5. The molecule has 3 aromatic rings. The Labute approximate surface area is 255 Å². The van der Waals surface area contributed by atoms with E-state index in [0.29, 0.717) is 9.54 Å². The minimum atomic E-state index is -2.51. The number of allylic oxidation sites excluding steroid dienone is 4. The van der Waals surface area contributed by atoms with Gasteiger partial charge in [-0.15, -0.1) is 0 Å². The summed E-state index contributed by atoms with van der Waals surface area (Å²) >= 11 is -2.51. The van der Waals surface area contributed by atoms with E-state index in [9.17, 15) is 0 Å². The van der Waals surface area contributed by atoms with Gasteiger partial charge in [-0.05, 0) is 0 Å². The van der Waals surface area contributed by atoms with Crippen LogP contribution in [0.4, 0.5) is 0 Å². The van der Waals surface area contributed by atoms with Gasteiger partial charge in [-0.25, -0.2) is 0 Å². The number of aryl methyl sites for hydroxylation is 1. The van der Waals surface area contributed by atoms with Gasteiger partial charge in [-0.1, -0.05) is 0 Å². The van der Waals surface area contributed by atoms with E-state index in [1.165, 1.54) is 50.1 Å². The molecule has 0 bridgehead atoms. The van der Waals surface area contributed by atoms with Gasteiger partial charge < -0.3 is 24.8 Å². The van der Waals surface area contributed by atoms with Gasteiger partial charge in [-0.2, -0.15) is 0 Å². The van der Waals surface area contributed by atoms with E-state index in [-0.39, 0.29) is 30.2 Å². The summed E-state index contributed by atoms with van der Waals surface area (Å²) in [6.45, 7) is 22.2. The first-order valence-electron chi connectivity index (χ1n) is 13.4. The summed E-state index contributed by atoms with van der Waals surface area (Å²) in [4.78, 5) is 0. The Kier molecular flexibility index (Phi) is 9.86. The molecule has 5 rings (SSSR count). The zero-order chi connectivity index (χ0) is 26.5. The van der Waals surface area contributed by atoms with Crippen LogP contribution in [0.3, 0.4) is 0 Å². The van der Waals surface area contributed by atoms with Gasteiger partial charge in [0.05, 0.1) is 0 Å². The van der Waals surface area contributed by atoms with Crippen LogP contribution in [-0.4, -0.2) is 3.21 Å². The third-order valence-corrected chi connectivity index (χ3v) is 16.8. The summed E-state index contributed by atoms with van der Waals surface area (Å²) in [6, 6.07) is 23.2. The average Bonchev–Trinajstić information content (AvgIpc) is 3.42. The molecule has 0 aliphatic heterocycles. The normalized spacial score (nSPS) is 16.2. The van der Waals surface area contributed by atoms with Crippen molar-refractivity contribution >= 4 is 15.4 Å². The summed E-state index contributed by atoms with van der Waals surface area (Å²) in [7, 11) is 0. The molecule has 3 aromatic carbocycles. The molecule has 0 saturated heterocycles. The van der Waals surface area contributed by atoms with Crippen molar-refractivity contribution in [3.8, 4) is 11.1 Å². The first-order chi connectivity index (χ1) is 17.6. The molecular weight excluding hydrogens is 595 g/mol. The first kappa shape index (κ1) is 31.5. The maximum atomic E-state index is 4.06. The molecule has 0 aromatic heterocycles. The molecule has 2 aliphatic carbocycles. The molecule has 1 atom stereocenters. The van der Waals surface area contributed by atoms with Gasteiger partial charge >= 0.3 is 232 Å². The fraction of sp³-hybridized carbons (Fsp3) is 0.250. The van der Waals surface area contributed by atoms with Crippen molar-refractivity contribution < 1.29 is 46.1 Å². The molecule has 3 heteroatoms. The largest absolute Gasteiger partial charge is 1.00 e. The van der Waals surface area contributed by atoms with E-state index < -0.39 is 21.3 Å². The molecule has 0 radical (unpaired) electrons. The van der Waals surface area contributed by atoms with Crippen molar-refractivity contribution in [1.82, 2.24) is 0 Å². The molecule has 0 heterocycles. The van der Waals surface area contributed by atoms with Crippen molar-refractivity contribution in [3.63, 3.8) is 0 Å². The molecule has 0 fully saturated rings. The molecule has 2 aliphatic rings. The van der Waals surface area contributed by atoms with E-state index >= 15 is 0 Å². The van der Waals surface area contributed by atoms with Crippen LogP contribution in [-0.2, 0) is 21.3 Å². The Morgan fingerprint density at radius 2 is 1.33 bits per heavy atom. The van der Waals surface area contributed by atoms with Gasteiger partial charge in [0.25, 0.3) is 0 Å². The summed E-state index contributed by atoms with van der Waals surface area (Å²) < 4.78 is 3.80. The Morgan fingerprint density at radius 1 is 0.821 bits per heavy atom. The molecule has 200 valence electrons. The fourth-order valence-electron chi connectivity index (χ4n) is 5.90. The van der Waals surface area contributed by atoms with Crippen molar-refractivity contribution in [3.05, 3.63) is 128 Å². The Balaban J connectivity index is 0.00000210. The topological polar surface area (TPSA) is 0 Å². The van der Waals surface area contributed by atoms with E-state index in [4.69, 9.17) is 0 Å². The van der Waals surface area contributed by atoms with Crippen molar-refractivity contribution in [2.75, 3.05) is 0 Å². The Bertz CT molecular complexity index is 1450. The van der Waals surface area contributed by atoms with Crippen LogP contribution in [0.1, 0.15) is 71.6 Å². The minimum absolute atomic E-state index is 0. The maximum Gasteiger partial charge on any atom is -1.00 e. The summed E-state index contributed by atoms with van der Waals surface area (Å²) in [6.07, 6.45) is 9.08. The van der Waals surface area contributed by atoms with Crippen LogP contribution < -0.4 is 24.8 Å². The molecule has 0 spiro atoms. The fourth-order valence-corrected chi connectivity index (χ4v) is 15.0. The number of hydrogen-bond acceptors (Lipinski definition) is 0. The SMILES string of the molecule is C=Cc1ccc2c(c1)-c1cc(C=C)ccc1[CH]2/[Zr+2]([C]1=CC(C(C)(C)C)=CC1C)=[C](\C)c1ccc(C)cc1.[Cl-].[Cl-]. The van der Waals surface area contributed by atoms with E-state index in [1.807, 2.05) is 12.2 Å². The van der Waals surface area contributed by atoms with Gasteiger partial charge in [0.15, 0.2) is 0 Å². The zero-order valence-corrected chi connectivity index (χ0v) is 27.9. The van der Waals surface area contributed by atoms with Crippen molar-refractivity contribution in [2.24, 2.45) is 11.3 Å². The predicted octanol–water partition coefficient (Wildman–Crippen LogP) is 3.72. The predicted molar refractivity (Wildman–Crippen MR) is 160 cm³/mol. The molecule has 1 unspecified atom stereocenters. The number of hydrogen-bond donors (Lipinski definition) is 0. The minimum Gasteiger partial charge on any atom is -1.00 e. The van der Waals surface area contributed by atoms with Gasteiger partial charge in [-0.3, -0.25) is 0 Å². The second kappa shape index (κ2) is 12.2. The number of halogens is 2. The van der Waals surface area contributed by atoms with Gasteiger partial charge in [0.1, 0.15) is 0 Å².